The molecular formula is C13H27N3O. The van der Waals surface area contributed by atoms with Gasteiger partial charge in [0.1, 0.15) is 0 Å². The maximum atomic E-state index is 11.8. The smallest absolute Gasteiger partial charge is 0.221 e. The third-order valence-electron chi connectivity index (χ3n) is 3.36. The summed E-state index contributed by atoms with van der Waals surface area (Å²) in [6, 6.07) is 0.808. The second-order valence-corrected chi connectivity index (χ2v) is 5.56. The van der Waals surface area contributed by atoms with Gasteiger partial charge in [-0.3, -0.25) is 4.79 Å². The van der Waals surface area contributed by atoms with E-state index < -0.39 is 0 Å². The van der Waals surface area contributed by atoms with Gasteiger partial charge in [0.05, 0.1) is 0 Å². The Morgan fingerprint density at radius 1 is 1.47 bits per heavy atom. The summed E-state index contributed by atoms with van der Waals surface area (Å²) >= 11 is 0. The van der Waals surface area contributed by atoms with E-state index in [2.05, 4.69) is 43.4 Å². The number of carbonyl (C=O) groups is 1. The van der Waals surface area contributed by atoms with Crippen LogP contribution in [0.4, 0.5) is 0 Å². The predicted molar refractivity (Wildman–Crippen MR) is 71.0 cm³/mol. The molecule has 2 N–H and O–H groups in total. The zero-order valence-corrected chi connectivity index (χ0v) is 11.6. The maximum absolute atomic E-state index is 11.8. The van der Waals surface area contributed by atoms with E-state index in [1.54, 1.807) is 0 Å². The van der Waals surface area contributed by atoms with Crippen LogP contribution in [-0.2, 0) is 4.79 Å². The van der Waals surface area contributed by atoms with Gasteiger partial charge < -0.3 is 15.5 Å². The molecule has 1 aliphatic heterocycles. The number of nitrogens with zero attached hydrogens (tertiary/aromatic N) is 1. The number of hydrogen-bond acceptors (Lipinski definition) is 3. The van der Waals surface area contributed by atoms with Gasteiger partial charge in [0.25, 0.3) is 0 Å². The van der Waals surface area contributed by atoms with Crippen LogP contribution in [0.25, 0.3) is 0 Å². The summed E-state index contributed by atoms with van der Waals surface area (Å²) in [6.45, 7) is 9.33. The Balaban J connectivity index is 2.21. The Morgan fingerprint density at radius 3 is 2.76 bits per heavy atom. The summed E-state index contributed by atoms with van der Waals surface area (Å²) in [5.41, 5.74) is 0. The molecule has 4 heteroatoms. The number of nitrogens with one attached hydrogen (secondary N) is 2. The Bertz CT molecular complexity index is 243. The number of amides is 1. The average Bonchev–Trinajstić information content (AvgIpc) is 2.21. The molecule has 0 saturated carbocycles. The fraction of sp³-hybridized carbons (Fsp3) is 0.923. The quantitative estimate of drug-likeness (QED) is 0.749. The van der Waals surface area contributed by atoms with E-state index >= 15 is 0 Å². The third kappa shape index (κ3) is 5.50. The largest absolute Gasteiger partial charge is 0.353 e. The van der Waals surface area contributed by atoms with E-state index in [4.69, 9.17) is 0 Å². The molecule has 1 saturated heterocycles. The van der Waals surface area contributed by atoms with E-state index in [-0.39, 0.29) is 5.91 Å². The van der Waals surface area contributed by atoms with Crippen molar-refractivity contribution in [1.82, 2.24) is 15.5 Å². The average molecular weight is 241 g/mol. The molecule has 1 aliphatic rings. The van der Waals surface area contributed by atoms with Crippen molar-refractivity contribution in [1.29, 1.82) is 0 Å². The fourth-order valence-electron chi connectivity index (χ4n) is 2.32. The van der Waals surface area contributed by atoms with Crippen LogP contribution in [0.2, 0.25) is 0 Å². The number of likely N-dealkylation sites (tertiary alicyclic amines) is 1. The van der Waals surface area contributed by atoms with Crippen molar-refractivity contribution >= 4 is 5.91 Å². The van der Waals surface area contributed by atoms with Gasteiger partial charge in [0, 0.05) is 31.6 Å². The third-order valence-corrected chi connectivity index (χ3v) is 3.36. The van der Waals surface area contributed by atoms with Gasteiger partial charge >= 0.3 is 0 Å². The molecule has 0 aromatic heterocycles. The van der Waals surface area contributed by atoms with Crippen LogP contribution < -0.4 is 10.6 Å². The highest BCUT2D eigenvalue weighted by Crippen LogP contribution is 2.15. The normalized spacial score (nSPS) is 26.2. The molecule has 1 fully saturated rings. The van der Waals surface area contributed by atoms with Crippen molar-refractivity contribution in [2.45, 2.75) is 45.7 Å². The molecule has 100 valence electrons. The molecule has 17 heavy (non-hydrogen) atoms. The molecule has 4 nitrogen and oxygen atoms in total. The van der Waals surface area contributed by atoms with Crippen molar-refractivity contribution in [2.75, 3.05) is 26.7 Å². The van der Waals surface area contributed by atoms with Gasteiger partial charge in [-0.05, 0) is 25.9 Å². The number of rotatable bonds is 5. The van der Waals surface area contributed by atoms with Crippen LogP contribution in [0.3, 0.4) is 0 Å². The minimum atomic E-state index is 0.180. The Morgan fingerprint density at radius 2 is 2.18 bits per heavy atom. The second kappa shape index (κ2) is 6.97. The van der Waals surface area contributed by atoms with Crippen LogP contribution in [-0.4, -0.2) is 49.6 Å². The van der Waals surface area contributed by atoms with Gasteiger partial charge in [-0.25, -0.2) is 0 Å². The van der Waals surface area contributed by atoms with E-state index in [0.29, 0.717) is 24.4 Å². The van der Waals surface area contributed by atoms with E-state index in [0.717, 1.165) is 26.1 Å². The molecular weight excluding hydrogens is 214 g/mol. The van der Waals surface area contributed by atoms with Gasteiger partial charge in [-0.15, -0.1) is 0 Å². The van der Waals surface area contributed by atoms with Crippen molar-refractivity contribution in [3.8, 4) is 0 Å². The van der Waals surface area contributed by atoms with Crippen molar-refractivity contribution in [3.05, 3.63) is 0 Å². The summed E-state index contributed by atoms with van der Waals surface area (Å²) in [7, 11) is 2.14. The monoisotopic (exact) mass is 241 g/mol. The highest BCUT2D eigenvalue weighted by molar-refractivity contribution is 5.76. The highest BCUT2D eigenvalue weighted by atomic mass is 16.1. The second-order valence-electron chi connectivity index (χ2n) is 5.56. The van der Waals surface area contributed by atoms with Gasteiger partial charge in [0.15, 0.2) is 0 Å². The number of hydrogen-bond donors (Lipinski definition) is 2. The Hall–Kier alpha value is -0.610. The van der Waals surface area contributed by atoms with Crippen molar-refractivity contribution in [3.63, 3.8) is 0 Å². The van der Waals surface area contributed by atoms with E-state index in [1.165, 1.54) is 0 Å². The number of piperidine rings is 1. The van der Waals surface area contributed by atoms with Gasteiger partial charge in [-0.2, -0.15) is 0 Å². The van der Waals surface area contributed by atoms with Crippen LogP contribution in [0.15, 0.2) is 0 Å². The highest BCUT2D eigenvalue weighted by Gasteiger charge is 2.25. The number of carbonyl (C=O) groups excluding carboxylic acids is 1. The fourth-order valence-corrected chi connectivity index (χ4v) is 2.32. The molecule has 2 unspecified atom stereocenters. The van der Waals surface area contributed by atoms with Crippen molar-refractivity contribution in [2.24, 2.45) is 5.92 Å². The molecule has 0 bridgehead atoms. The van der Waals surface area contributed by atoms with Crippen LogP contribution in [0.1, 0.15) is 33.6 Å². The minimum absolute atomic E-state index is 0.180. The zero-order chi connectivity index (χ0) is 12.8. The van der Waals surface area contributed by atoms with Crippen molar-refractivity contribution < 1.29 is 4.79 Å². The van der Waals surface area contributed by atoms with Gasteiger partial charge in [-0.1, -0.05) is 20.8 Å². The molecule has 1 amide bonds. The molecule has 0 aliphatic carbocycles. The summed E-state index contributed by atoms with van der Waals surface area (Å²) < 4.78 is 0. The standard InChI is InChI=1S/C13H27N3O/c1-10(2)14-7-5-13(17)15-12-6-8-16(4)9-11(12)3/h10-12,14H,5-9H2,1-4H3,(H,15,17). The summed E-state index contributed by atoms with van der Waals surface area (Å²) in [4.78, 5) is 14.1. The van der Waals surface area contributed by atoms with E-state index in [9.17, 15) is 4.79 Å². The van der Waals surface area contributed by atoms with Crippen LogP contribution in [0.5, 0.6) is 0 Å². The maximum Gasteiger partial charge on any atom is 0.221 e. The molecule has 2 atom stereocenters. The first-order valence-corrected chi connectivity index (χ1v) is 6.70. The molecule has 0 radical (unpaired) electrons. The predicted octanol–water partition coefficient (Wildman–Crippen LogP) is 0.831. The van der Waals surface area contributed by atoms with Crippen LogP contribution >= 0.6 is 0 Å². The Kier molecular flexibility index (Phi) is 5.92. The SMILES string of the molecule is CC(C)NCCC(=O)NC1CCN(C)CC1C. The molecule has 1 rings (SSSR count). The first kappa shape index (κ1) is 14.5. The summed E-state index contributed by atoms with van der Waals surface area (Å²) in [5, 5.41) is 6.42. The zero-order valence-electron chi connectivity index (χ0n) is 11.6. The lowest BCUT2D eigenvalue weighted by molar-refractivity contribution is -0.122. The summed E-state index contributed by atoms with van der Waals surface area (Å²) in [6.07, 6.45) is 1.65. The first-order chi connectivity index (χ1) is 7.99. The minimum Gasteiger partial charge on any atom is -0.353 e. The molecule has 1 heterocycles. The lowest BCUT2D eigenvalue weighted by Gasteiger charge is -2.35. The lowest BCUT2D eigenvalue weighted by Crippen LogP contribution is -2.49. The Labute approximate surface area is 105 Å². The van der Waals surface area contributed by atoms with E-state index in [1.807, 2.05) is 0 Å². The molecule has 0 aromatic rings. The topological polar surface area (TPSA) is 44.4 Å². The lowest BCUT2D eigenvalue weighted by atomic mass is 9.94. The summed E-state index contributed by atoms with van der Waals surface area (Å²) in [5.74, 6) is 0.732. The molecule has 0 spiro atoms. The molecule has 0 aromatic carbocycles. The first-order valence-electron chi connectivity index (χ1n) is 6.70. The van der Waals surface area contributed by atoms with Crippen LogP contribution in [0, 0.1) is 5.92 Å². The van der Waals surface area contributed by atoms with Gasteiger partial charge in [0.2, 0.25) is 5.91 Å².